The van der Waals surface area contributed by atoms with E-state index in [1.165, 1.54) is 19.3 Å². The fraction of sp³-hybridized carbons (Fsp3) is 0.562. The molecule has 1 heterocycles. The lowest BCUT2D eigenvalue weighted by molar-refractivity contribution is 0.186. The smallest absolute Gasteiger partial charge is 0.178 e. The maximum absolute atomic E-state index is 14.0. The zero-order valence-corrected chi connectivity index (χ0v) is 14.7. The molecule has 2 atom stereocenters. The normalized spacial score (nSPS) is 23.1. The van der Waals surface area contributed by atoms with E-state index in [2.05, 4.69) is 39.3 Å². The summed E-state index contributed by atoms with van der Waals surface area (Å²) in [5.74, 6) is 0.987. The third-order valence-corrected chi connectivity index (χ3v) is 5.63. The van der Waals surface area contributed by atoms with Crippen LogP contribution >= 0.6 is 28.1 Å². The Morgan fingerprint density at radius 3 is 2.76 bits per heavy atom. The van der Waals surface area contributed by atoms with Crippen molar-refractivity contribution in [3.63, 3.8) is 0 Å². The van der Waals surface area contributed by atoms with Crippen molar-refractivity contribution in [1.82, 2.24) is 9.55 Å². The molecule has 1 aromatic heterocycles. The monoisotopic (exact) mass is 370 g/mol. The maximum atomic E-state index is 14.0. The molecule has 1 N–H and O–H groups in total. The Morgan fingerprint density at radius 2 is 2.05 bits per heavy atom. The molecule has 0 amide bonds. The molecule has 2 unspecified atom stereocenters. The second-order valence-electron chi connectivity index (χ2n) is 6.34. The number of nitrogens with zero attached hydrogens (tertiary/aromatic N) is 1. The number of rotatable bonds is 2. The summed E-state index contributed by atoms with van der Waals surface area (Å²) in [6, 6.07) is 3.75. The lowest BCUT2D eigenvalue weighted by Gasteiger charge is -2.35. The van der Waals surface area contributed by atoms with Crippen molar-refractivity contribution in [2.45, 2.75) is 45.6 Å². The van der Waals surface area contributed by atoms with Crippen LogP contribution in [-0.2, 0) is 0 Å². The van der Waals surface area contributed by atoms with Gasteiger partial charge in [-0.25, -0.2) is 4.39 Å². The molecule has 114 valence electrons. The highest BCUT2D eigenvalue weighted by Crippen LogP contribution is 2.40. The molecule has 2 aromatic rings. The van der Waals surface area contributed by atoms with Crippen LogP contribution in [0.4, 0.5) is 4.39 Å². The van der Waals surface area contributed by atoms with Gasteiger partial charge in [-0.2, -0.15) is 0 Å². The van der Waals surface area contributed by atoms with E-state index in [0.717, 1.165) is 17.5 Å². The van der Waals surface area contributed by atoms with Crippen molar-refractivity contribution in [2.75, 3.05) is 0 Å². The number of fused-ring (bicyclic) bond motifs is 1. The minimum Gasteiger partial charge on any atom is -0.331 e. The van der Waals surface area contributed by atoms with Crippen LogP contribution in [0.1, 0.15) is 45.6 Å². The van der Waals surface area contributed by atoms with Gasteiger partial charge >= 0.3 is 0 Å². The van der Waals surface area contributed by atoms with Gasteiger partial charge in [0.1, 0.15) is 5.82 Å². The minimum atomic E-state index is -0.234. The number of aromatic nitrogens is 2. The van der Waals surface area contributed by atoms with Gasteiger partial charge < -0.3 is 9.55 Å². The van der Waals surface area contributed by atoms with Crippen molar-refractivity contribution in [1.29, 1.82) is 0 Å². The van der Waals surface area contributed by atoms with Gasteiger partial charge in [-0.05, 0) is 58.9 Å². The average molecular weight is 371 g/mol. The minimum absolute atomic E-state index is 0.234. The molecule has 1 saturated carbocycles. The summed E-state index contributed by atoms with van der Waals surface area (Å²) < 4.78 is 17.3. The number of imidazole rings is 1. The van der Waals surface area contributed by atoms with Gasteiger partial charge in [-0.3, -0.25) is 0 Å². The van der Waals surface area contributed by atoms with Crippen LogP contribution in [0, 0.1) is 22.4 Å². The zero-order chi connectivity index (χ0) is 15.1. The number of H-pyrrole nitrogens is 1. The maximum Gasteiger partial charge on any atom is 0.178 e. The molecule has 21 heavy (non-hydrogen) atoms. The molecule has 0 saturated heterocycles. The topological polar surface area (TPSA) is 20.7 Å². The van der Waals surface area contributed by atoms with Crippen molar-refractivity contribution >= 4 is 39.2 Å². The summed E-state index contributed by atoms with van der Waals surface area (Å²) in [7, 11) is 0. The highest BCUT2D eigenvalue weighted by Gasteiger charge is 2.30. The van der Waals surface area contributed by atoms with E-state index in [-0.39, 0.29) is 5.82 Å². The van der Waals surface area contributed by atoms with Crippen molar-refractivity contribution in [3.8, 4) is 0 Å². The summed E-state index contributed by atoms with van der Waals surface area (Å²) in [5, 5.41) is 0. The van der Waals surface area contributed by atoms with Crippen LogP contribution in [0.5, 0.6) is 0 Å². The number of nitrogens with one attached hydrogen (secondary N) is 1. The van der Waals surface area contributed by atoms with Gasteiger partial charge in [0.05, 0.1) is 15.5 Å². The molecular formula is C16H20BrFN2S. The predicted octanol–water partition coefficient (Wildman–Crippen LogP) is 5.99. The molecule has 2 nitrogen and oxygen atoms in total. The van der Waals surface area contributed by atoms with Crippen molar-refractivity contribution < 1.29 is 4.39 Å². The van der Waals surface area contributed by atoms with Crippen LogP contribution < -0.4 is 0 Å². The zero-order valence-electron chi connectivity index (χ0n) is 12.3. The molecule has 1 fully saturated rings. The van der Waals surface area contributed by atoms with Gasteiger partial charge in [0.2, 0.25) is 0 Å². The lowest BCUT2D eigenvalue weighted by atomic mass is 9.77. The van der Waals surface area contributed by atoms with Crippen LogP contribution in [0.3, 0.4) is 0 Å². The Hall–Kier alpha value is -0.680. The van der Waals surface area contributed by atoms with E-state index in [1.54, 1.807) is 12.1 Å². The number of benzene rings is 1. The molecule has 0 radical (unpaired) electrons. The van der Waals surface area contributed by atoms with E-state index in [1.807, 2.05) is 0 Å². The molecule has 0 spiro atoms. The van der Waals surface area contributed by atoms with E-state index in [9.17, 15) is 4.39 Å². The van der Waals surface area contributed by atoms with Crippen LogP contribution in [0.25, 0.3) is 11.0 Å². The Balaban J connectivity index is 2.16. The molecule has 1 aliphatic carbocycles. The Bertz CT molecular complexity index is 719. The standard InChI is InChI=1S/C16H20BrFN2S/c1-9(2)10-5-3-4-6-14(10)20-15-8-12(18)11(17)7-13(15)19-16(20)21/h7-10,14H,3-6H2,1-2H3,(H,19,21). The van der Waals surface area contributed by atoms with Crippen LogP contribution in [0.2, 0.25) is 0 Å². The molecular weight excluding hydrogens is 351 g/mol. The first kappa shape index (κ1) is 15.2. The third kappa shape index (κ3) is 2.70. The Kier molecular flexibility index (Phi) is 4.23. The molecule has 1 aliphatic rings. The molecule has 1 aromatic carbocycles. The molecule has 3 rings (SSSR count). The van der Waals surface area contributed by atoms with Gasteiger partial charge in [0.15, 0.2) is 4.77 Å². The summed E-state index contributed by atoms with van der Waals surface area (Å²) in [4.78, 5) is 3.23. The van der Waals surface area contributed by atoms with Gasteiger partial charge in [0, 0.05) is 12.1 Å². The molecule has 0 aliphatic heterocycles. The van der Waals surface area contributed by atoms with Crippen LogP contribution in [0.15, 0.2) is 16.6 Å². The highest BCUT2D eigenvalue weighted by molar-refractivity contribution is 9.10. The number of hydrogen-bond acceptors (Lipinski definition) is 1. The second-order valence-corrected chi connectivity index (χ2v) is 7.58. The first-order valence-electron chi connectivity index (χ1n) is 7.58. The van der Waals surface area contributed by atoms with E-state index >= 15 is 0 Å². The quantitative estimate of drug-likeness (QED) is 0.644. The van der Waals surface area contributed by atoms with Crippen molar-refractivity contribution in [3.05, 3.63) is 27.2 Å². The summed E-state index contributed by atoms with van der Waals surface area (Å²) in [6.07, 6.45) is 4.87. The summed E-state index contributed by atoms with van der Waals surface area (Å²) in [5.41, 5.74) is 1.79. The predicted molar refractivity (Wildman–Crippen MR) is 90.6 cm³/mol. The third-order valence-electron chi connectivity index (χ3n) is 4.73. The summed E-state index contributed by atoms with van der Waals surface area (Å²) >= 11 is 8.77. The van der Waals surface area contributed by atoms with E-state index in [4.69, 9.17) is 12.2 Å². The van der Waals surface area contributed by atoms with E-state index in [0.29, 0.717) is 27.1 Å². The van der Waals surface area contributed by atoms with Crippen molar-refractivity contribution in [2.24, 2.45) is 11.8 Å². The summed E-state index contributed by atoms with van der Waals surface area (Å²) in [6.45, 7) is 4.55. The fourth-order valence-electron chi connectivity index (χ4n) is 3.69. The largest absolute Gasteiger partial charge is 0.331 e. The first-order valence-corrected chi connectivity index (χ1v) is 8.78. The first-order chi connectivity index (χ1) is 9.99. The fourth-order valence-corrected chi connectivity index (χ4v) is 4.38. The second kappa shape index (κ2) is 5.84. The van der Waals surface area contributed by atoms with Gasteiger partial charge in [0.25, 0.3) is 0 Å². The Morgan fingerprint density at radius 1 is 1.33 bits per heavy atom. The Labute approximate surface area is 137 Å². The highest BCUT2D eigenvalue weighted by atomic mass is 79.9. The average Bonchev–Trinajstić information content (AvgIpc) is 2.74. The van der Waals surface area contributed by atoms with Gasteiger partial charge in [-0.1, -0.05) is 26.7 Å². The van der Waals surface area contributed by atoms with Crippen LogP contribution in [-0.4, -0.2) is 9.55 Å². The number of halogens is 2. The lowest BCUT2D eigenvalue weighted by Crippen LogP contribution is -2.27. The molecule has 5 heteroatoms. The SMILES string of the molecule is CC(C)C1CCCCC1n1c(=S)[nH]c2cc(Br)c(F)cc21. The number of hydrogen-bond donors (Lipinski definition) is 1. The van der Waals surface area contributed by atoms with E-state index < -0.39 is 0 Å². The van der Waals surface area contributed by atoms with Gasteiger partial charge in [-0.15, -0.1) is 0 Å². The number of aromatic amines is 1. The molecule has 0 bridgehead atoms.